The van der Waals surface area contributed by atoms with Crippen LogP contribution in [-0.4, -0.2) is 16.1 Å². The van der Waals surface area contributed by atoms with Crippen LogP contribution in [0.5, 0.6) is 0 Å². The molecule has 0 radical (unpaired) electrons. The van der Waals surface area contributed by atoms with E-state index in [9.17, 15) is 0 Å². The molecule has 0 amide bonds. The molecule has 1 aromatic heterocycles. The highest BCUT2D eigenvalue weighted by Gasteiger charge is 2.04. The van der Waals surface area contributed by atoms with Crippen molar-refractivity contribution in [2.24, 2.45) is 0 Å². The van der Waals surface area contributed by atoms with Crippen molar-refractivity contribution in [2.45, 2.75) is 40.3 Å². The third-order valence-electron chi connectivity index (χ3n) is 3.15. The molecule has 1 heterocycles. The van der Waals surface area contributed by atoms with Crippen molar-refractivity contribution in [2.75, 3.05) is 6.54 Å². The van der Waals surface area contributed by atoms with Gasteiger partial charge in [-0.05, 0) is 32.4 Å². The van der Waals surface area contributed by atoms with E-state index in [1.807, 2.05) is 6.20 Å². The molecule has 0 saturated heterocycles. The molecule has 0 aliphatic rings. The Balaban J connectivity index is 2.08. The summed E-state index contributed by atoms with van der Waals surface area (Å²) in [4.78, 5) is 4.43. The molecular weight excluding hydrogens is 234 g/mol. The summed E-state index contributed by atoms with van der Waals surface area (Å²) in [6.07, 6.45) is 5.09. The van der Waals surface area contributed by atoms with Gasteiger partial charge < -0.3 is 9.88 Å². The number of hydrogen-bond donors (Lipinski definition) is 1. The molecule has 3 heteroatoms. The van der Waals surface area contributed by atoms with Crippen LogP contribution in [0.2, 0.25) is 0 Å². The number of aryl methyl sites for hydroxylation is 2. The number of hydrogen-bond acceptors (Lipinski definition) is 2. The van der Waals surface area contributed by atoms with Gasteiger partial charge >= 0.3 is 0 Å². The van der Waals surface area contributed by atoms with Gasteiger partial charge in [-0.3, -0.25) is 0 Å². The monoisotopic (exact) mass is 257 g/mol. The third kappa shape index (κ3) is 3.93. The van der Waals surface area contributed by atoms with Crippen LogP contribution in [0.25, 0.3) is 0 Å². The minimum Gasteiger partial charge on any atom is -0.329 e. The lowest BCUT2D eigenvalue weighted by Gasteiger charge is -2.10. The Kier molecular flexibility index (Phi) is 4.74. The van der Waals surface area contributed by atoms with Crippen molar-refractivity contribution in [3.8, 4) is 0 Å². The van der Waals surface area contributed by atoms with Gasteiger partial charge in [0.15, 0.2) is 0 Å². The molecule has 0 atom stereocenters. The molecule has 0 aliphatic carbocycles. The minimum atomic E-state index is 0.839. The van der Waals surface area contributed by atoms with Gasteiger partial charge in [-0.25, -0.2) is 4.98 Å². The zero-order valence-electron chi connectivity index (χ0n) is 12.1. The second-order valence-corrected chi connectivity index (χ2v) is 5.14. The standard InChI is InChI=1S/C16H23N3/c1-4-5-17-11-16-18-6-7-19(16)12-15-9-13(2)8-14(3)10-15/h6-10,17H,4-5,11-12H2,1-3H3. The van der Waals surface area contributed by atoms with Crippen LogP contribution in [0.4, 0.5) is 0 Å². The first-order valence-corrected chi connectivity index (χ1v) is 6.97. The van der Waals surface area contributed by atoms with E-state index in [2.05, 4.69) is 60.0 Å². The summed E-state index contributed by atoms with van der Waals surface area (Å²) in [5, 5.41) is 3.40. The zero-order valence-corrected chi connectivity index (χ0v) is 12.1. The quantitative estimate of drug-likeness (QED) is 0.806. The highest BCUT2D eigenvalue weighted by molar-refractivity contribution is 5.28. The second kappa shape index (κ2) is 6.53. The first-order chi connectivity index (χ1) is 9.19. The summed E-state index contributed by atoms with van der Waals surface area (Å²) in [5.41, 5.74) is 3.98. The van der Waals surface area contributed by atoms with E-state index in [1.165, 1.54) is 16.7 Å². The van der Waals surface area contributed by atoms with Gasteiger partial charge in [0.2, 0.25) is 0 Å². The van der Waals surface area contributed by atoms with E-state index in [1.54, 1.807) is 0 Å². The van der Waals surface area contributed by atoms with Crippen molar-refractivity contribution in [1.29, 1.82) is 0 Å². The topological polar surface area (TPSA) is 29.9 Å². The summed E-state index contributed by atoms with van der Waals surface area (Å²) in [6.45, 7) is 9.24. The van der Waals surface area contributed by atoms with E-state index >= 15 is 0 Å². The Morgan fingerprint density at radius 1 is 1.16 bits per heavy atom. The average Bonchev–Trinajstić information content (AvgIpc) is 2.76. The van der Waals surface area contributed by atoms with Crippen molar-refractivity contribution in [3.63, 3.8) is 0 Å². The SMILES string of the molecule is CCCNCc1nccn1Cc1cc(C)cc(C)c1. The molecule has 1 N–H and O–H groups in total. The lowest BCUT2D eigenvalue weighted by atomic mass is 10.1. The van der Waals surface area contributed by atoms with Crippen LogP contribution in [0.1, 0.15) is 35.9 Å². The van der Waals surface area contributed by atoms with Gasteiger partial charge in [0.05, 0.1) is 6.54 Å². The number of nitrogens with zero attached hydrogens (tertiary/aromatic N) is 2. The van der Waals surface area contributed by atoms with Crippen molar-refractivity contribution >= 4 is 0 Å². The molecule has 1 aromatic carbocycles. The van der Waals surface area contributed by atoms with Crippen LogP contribution in [0.15, 0.2) is 30.6 Å². The molecule has 3 nitrogen and oxygen atoms in total. The van der Waals surface area contributed by atoms with Crippen LogP contribution in [0, 0.1) is 13.8 Å². The van der Waals surface area contributed by atoms with Crippen molar-refractivity contribution in [1.82, 2.24) is 14.9 Å². The van der Waals surface area contributed by atoms with Crippen molar-refractivity contribution < 1.29 is 0 Å². The largest absolute Gasteiger partial charge is 0.329 e. The van der Waals surface area contributed by atoms with Crippen LogP contribution in [-0.2, 0) is 13.1 Å². The maximum atomic E-state index is 4.43. The van der Waals surface area contributed by atoms with Crippen LogP contribution < -0.4 is 5.32 Å². The van der Waals surface area contributed by atoms with Crippen molar-refractivity contribution in [3.05, 3.63) is 53.1 Å². The Morgan fingerprint density at radius 2 is 1.89 bits per heavy atom. The molecule has 2 aromatic rings. The number of nitrogens with one attached hydrogen (secondary N) is 1. The first-order valence-electron chi connectivity index (χ1n) is 6.97. The molecule has 0 saturated carbocycles. The normalized spacial score (nSPS) is 10.9. The van der Waals surface area contributed by atoms with Gasteiger partial charge in [-0.2, -0.15) is 0 Å². The number of benzene rings is 1. The fourth-order valence-electron chi connectivity index (χ4n) is 2.39. The van der Waals surface area contributed by atoms with E-state index in [0.29, 0.717) is 0 Å². The molecule has 19 heavy (non-hydrogen) atoms. The van der Waals surface area contributed by atoms with E-state index in [0.717, 1.165) is 31.9 Å². The minimum absolute atomic E-state index is 0.839. The van der Waals surface area contributed by atoms with Crippen LogP contribution >= 0.6 is 0 Å². The highest BCUT2D eigenvalue weighted by atomic mass is 15.1. The lowest BCUT2D eigenvalue weighted by molar-refractivity contribution is 0.615. The Bertz CT molecular complexity index is 508. The van der Waals surface area contributed by atoms with Crippen LogP contribution in [0.3, 0.4) is 0 Å². The van der Waals surface area contributed by atoms with E-state index in [-0.39, 0.29) is 0 Å². The molecule has 0 unspecified atom stereocenters. The van der Waals surface area contributed by atoms with E-state index in [4.69, 9.17) is 0 Å². The fraction of sp³-hybridized carbons (Fsp3) is 0.438. The molecule has 0 aliphatic heterocycles. The predicted octanol–water partition coefficient (Wildman–Crippen LogP) is 3.05. The summed E-state index contributed by atoms with van der Waals surface area (Å²) in [6, 6.07) is 6.70. The summed E-state index contributed by atoms with van der Waals surface area (Å²) >= 11 is 0. The Labute approximate surface area is 115 Å². The molecule has 0 spiro atoms. The fourth-order valence-corrected chi connectivity index (χ4v) is 2.39. The van der Waals surface area contributed by atoms with Gasteiger partial charge in [-0.1, -0.05) is 36.2 Å². The average molecular weight is 257 g/mol. The second-order valence-electron chi connectivity index (χ2n) is 5.14. The first kappa shape index (κ1) is 13.8. The number of rotatable bonds is 6. The maximum absolute atomic E-state index is 4.43. The third-order valence-corrected chi connectivity index (χ3v) is 3.15. The maximum Gasteiger partial charge on any atom is 0.122 e. The predicted molar refractivity (Wildman–Crippen MR) is 79.2 cm³/mol. The highest BCUT2D eigenvalue weighted by Crippen LogP contribution is 2.11. The molecular formula is C16H23N3. The smallest absolute Gasteiger partial charge is 0.122 e. The zero-order chi connectivity index (χ0) is 13.7. The molecule has 102 valence electrons. The van der Waals surface area contributed by atoms with Gasteiger partial charge in [0.25, 0.3) is 0 Å². The summed E-state index contributed by atoms with van der Waals surface area (Å²) in [7, 11) is 0. The molecule has 0 fully saturated rings. The number of aromatic nitrogens is 2. The van der Waals surface area contributed by atoms with Gasteiger partial charge in [0.1, 0.15) is 5.82 Å². The number of imidazole rings is 1. The molecule has 2 rings (SSSR count). The van der Waals surface area contributed by atoms with Gasteiger partial charge in [-0.15, -0.1) is 0 Å². The van der Waals surface area contributed by atoms with Gasteiger partial charge in [0, 0.05) is 18.9 Å². The Hall–Kier alpha value is -1.61. The lowest BCUT2D eigenvalue weighted by Crippen LogP contribution is -2.18. The van der Waals surface area contributed by atoms with E-state index < -0.39 is 0 Å². The Morgan fingerprint density at radius 3 is 2.58 bits per heavy atom. The summed E-state index contributed by atoms with van der Waals surface area (Å²) < 4.78 is 2.22. The summed E-state index contributed by atoms with van der Waals surface area (Å²) in [5.74, 6) is 1.10. The molecule has 0 bridgehead atoms.